The van der Waals surface area contributed by atoms with Crippen molar-refractivity contribution >= 4 is 9.19 Å². The monoisotopic (exact) mass is 335 g/mol. The van der Waals surface area contributed by atoms with Crippen LogP contribution < -0.4 is 16.8 Å². The number of nitrogens with one attached hydrogen (secondary N) is 1. The second kappa shape index (κ2) is 16.0. The van der Waals surface area contributed by atoms with E-state index in [9.17, 15) is 0 Å². The molecule has 0 spiro atoms. The van der Waals surface area contributed by atoms with Crippen LogP contribution in [0.5, 0.6) is 0 Å². The molecule has 0 unspecified atom stereocenters. The Morgan fingerprint density at radius 1 is 1.11 bits per heavy atom. The Morgan fingerprint density at radius 3 is 1.67 bits per heavy atom. The van der Waals surface area contributed by atoms with Crippen molar-refractivity contribution in [1.82, 2.24) is 5.32 Å². The van der Waals surface area contributed by atoms with Gasteiger partial charge < -0.3 is 16.8 Å². The van der Waals surface area contributed by atoms with Crippen LogP contribution in [0.4, 0.5) is 0 Å². The molecule has 0 atom stereocenters. The van der Waals surface area contributed by atoms with Crippen LogP contribution in [-0.4, -0.2) is 26.2 Å². The Hall–Kier alpha value is 0.910. The third kappa shape index (κ3) is 17.6. The predicted molar refractivity (Wildman–Crippen MR) is 36.8 cm³/mol. The molecule has 0 fully saturated rings. The van der Waals surface area contributed by atoms with E-state index in [1.54, 1.807) is 20.0 Å². The first-order valence-corrected chi connectivity index (χ1v) is 5.32. The summed E-state index contributed by atoms with van der Waals surface area (Å²) in [5.74, 6) is 0. The molecule has 0 amide bonds. The molecule has 0 aliphatic carbocycles. The number of nitrogens with two attached hydrogens (primary N) is 2. The van der Waals surface area contributed by atoms with Crippen molar-refractivity contribution in [3.63, 3.8) is 0 Å². The van der Waals surface area contributed by atoms with Crippen LogP contribution in [0, 0.1) is 0 Å². The molecule has 0 aromatic heterocycles. The van der Waals surface area contributed by atoms with Crippen LogP contribution in [0.15, 0.2) is 0 Å². The van der Waals surface area contributed by atoms with Crippen LogP contribution in [0.1, 0.15) is 0 Å². The van der Waals surface area contributed by atoms with Crippen molar-refractivity contribution < 1.29 is 20.0 Å². The van der Waals surface area contributed by atoms with Gasteiger partial charge in [0.25, 0.3) is 0 Å². The van der Waals surface area contributed by atoms with Gasteiger partial charge in [0, 0.05) is 26.2 Å². The van der Waals surface area contributed by atoms with E-state index < -0.39 is 0 Å². The van der Waals surface area contributed by atoms with Crippen molar-refractivity contribution in [2.75, 3.05) is 26.2 Å². The first-order chi connectivity index (χ1) is 4.41. The topological polar surface area (TPSA) is 64.1 Å². The summed E-state index contributed by atoms with van der Waals surface area (Å²) in [6, 6.07) is 0. The zero-order valence-corrected chi connectivity index (χ0v) is 8.08. The van der Waals surface area contributed by atoms with Crippen LogP contribution in [0.2, 0.25) is 0 Å². The molecule has 3 nitrogen and oxygen atoms in total. The molecule has 0 aliphatic rings. The Morgan fingerprint density at radius 2 is 1.44 bits per heavy atom. The van der Waals surface area contributed by atoms with E-state index in [-0.39, 0.29) is 0 Å². The van der Waals surface area contributed by atoms with E-state index in [0.29, 0.717) is 13.1 Å². The van der Waals surface area contributed by atoms with Gasteiger partial charge in [-0.25, -0.2) is 0 Å². The maximum absolute atomic E-state index is 5.17. The molecule has 0 radical (unpaired) electrons. The normalized spacial score (nSPS) is 8.11. The minimum absolute atomic E-state index is 0.694. The molecule has 0 saturated heterocycles. The molecule has 0 aromatic rings. The summed E-state index contributed by atoms with van der Waals surface area (Å²) in [7, 11) is 4.58. The van der Waals surface area contributed by atoms with Crippen LogP contribution in [0.25, 0.3) is 0 Å². The molecule has 0 saturated carbocycles. The van der Waals surface area contributed by atoms with E-state index >= 15 is 0 Å². The van der Waals surface area contributed by atoms with Gasteiger partial charge in [-0.15, -0.1) is 0 Å². The zero-order valence-electron chi connectivity index (χ0n) is 5.16. The summed E-state index contributed by atoms with van der Waals surface area (Å²) in [5, 5.41) is 3.03. The average molecular weight is 336 g/mol. The number of hydrogen-bond donors (Lipinski definition) is 3. The summed E-state index contributed by atoms with van der Waals surface area (Å²) in [6.07, 6.45) is 0. The van der Waals surface area contributed by atoms with Gasteiger partial charge >= 0.3 is 29.2 Å². The van der Waals surface area contributed by atoms with Gasteiger partial charge in [0.05, 0.1) is 0 Å². The van der Waals surface area contributed by atoms with Crippen LogP contribution >= 0.6 is 9.19 Å². The molecule has 0 aromatic carbocycles. The Bertz CT molecular complexity index is 35.0. The van der Waals surface area contributed by atoms with Gasteiger partial charge in [-0.05, 0) is 0 Å². The van der Waals surface area contributed by atoms with Gasteiger partial charge in [-0.2, -0.15) is 0 Å². The minimum atomic E-state index is 0.694. The fraction of sp³-hybridized carbons (Fsp3) is 1.00. The Balaban J connectivity index is 0. The van der Waals surface area contributed by atoms with E-state index in [1.165, 1.54) is 0 Å². The first-order valence-electron chi connectivity index (χ1n) is 2.64. The molecule has 0 rings (SSSR count). The Labute approximate surface area is 72.2 Å². The Kier molecular flexibility index (Phi) is 22.3. The molecule has 0 aliphatic heterocycles. The fourth-order valence-corrected chi connectivity index (χ4v) is 0.329. The number of halogens is 1. The van der Waals surface area contributed by atoms with Crippen LogP contribution in [-0.2, 0) is 20.0 Å². The van der Waals surface area contributed by atoms with Crippen molar-refractivity contribution in [3.8, 4) is 0 Å². The van der Waals surface area contributed by atoms with Crippen molar-refractivity contribution in [2.45, 2.75) is 0 Å². The molecular weight excluding hydrogens is 322 g/mol. The van der Waals surface area contributed by atoms with Gasteiger partial charge in [0.15, 0.2) is 0 Å². The first kappa shape index (κ1) is 12.6. The molecule has 9 heavy (non-hydrogen) atoms. The van der Waals surface area contributed by atoms with E-state index in [1.807, 2.05) is 0 Å². The van der Waals surface area contributed by atoms with Crippen molar-refractivity contribution in [3.05, 3.63) is 0 Å². The molecule has 5 N–H and O–H groups in total. The number of rotatable bonds is 4. The molecule has 62 valence electrons. The summed E-state index contributed by atoms with van der Waals surface area (Å²) < 4.78 is 0. The van der Waals surface area contributed by atoms with Gasteiger partial charge in [0.2, 0.25) is 0 Å². The van der Waals surface area contributed by atoms with Crippen LogP contribution in [0.3, 0.4) is 0 Å². The third-order valence-electron chi connectivity index (χ3n) is 0.642. The summed E-state index contributed by atoms with van der Waals surface area (Å²) in [5.41, 5.74) is 10.3. The van der Waals surface area contributed by atoms with E-state index in [2.05, 4.69) is 14.5 Å². The van der Waals surface area contributed by atoms with E-state index in [4.69, 9.17) is 11.5 Å². The predicted octanol–water partition coefficient (Wildman–Crippen LogP) is -0.820. The summed E-state index contributed by atoms with van der Waals surface area (Å²) in [4.78, 5) is 0. The molecule has 5 heteroatoms. The second-order valence-corrected chi connectivity index (χ2v) is 1.33. The SMILES string of the molecule is NCCNCCN.[Cl][Au]. The number of hydrogen-bond acceptors (Lipinski definition) is 3. The van der Waals surface area contributed by atoms with Gasteiger partial charge in [-0.1, -0.05) is 0 Å². The van der Waals surface area contributed by atoms with Gasteiger partial charge in [0.1, 0.15) is 0 Å². The fourth-order valence-electron chi connectivity index (χ4n) is 0.329. The summed E-state index contributed by atoms with van der Waals surface area (Å²) >= 11 is 1.75. The molecular formula is C4H13AuClN3. The van der Waals surface area contributed by atoms with Crippen molar-refractivity contribution in [1.29, 1.82) is 0 Å². The van der Waals surface area contributed by atoms with Crippen molar-refractivity contribution in [2.24, 2.45) is 11.5 Å². The standard InChI is InChI=1S/C4H13N3.Au.ClH/c5-1-3-7-4-2-6;;/h7H,1-6H2;;1H/q;+1;/p-1. The zero-order chi connectivity index (χ0) is 7.54. The van der Waals surface area contributed by atoms with Gasteiger partial charge in [-0.3, -0.25) is 0 Å². The maximum atomic E-state index is 5.17. The molecule has 0 bridgehead atoms. The molecule has 0 heterocycles. The van der Waals surface area contributed by atoms with E-state index in [0.717, 1.165) is 13.1 Å². The third-order valence-corrected chi connectivity index (χ3v) is 0.642. The summed E-state index contributed by atoms with van der Waals surface area (Å²) in [6.45, 7) is 3.13. The quantitative estimate of drug-likeness (QED) is 0.465. The average Bonchev–Trinajstić information content (AvgIpc) is 1.94. The second-order valence-electron chi connectivity index (χ2n) is 1.33.